The van der Waals surface area contributed by atoms with E-state index in [1.807, 2.05) is 20.0 Å². The summed E-state index contributed by atoms with van der Waals surface area (Å²) in [6, 6.07) is 3.79. The van der Waals surface area contributed by atoms with Crippen LogP contribution in [0.4, 0.5) is 10.1 Å². The van der Waals surface area contributed by atoms with E-state index in [-0.39, 0.29) is 11.9 Å². The normalized spacial score (nSPS) is 12.6. The van der Waals surface area contributed by atoms with Gasteiger partial charge in [-0.2, -0.15) is 0 Å². The smallest absolute Gasteiger partial charge is 0.126 e. The number of halogens is 1. The van der Waals surface area contributed by atoms with Crippen molar-refractivity contribution in [2.24, 2.45) is 0 Å². The molecule has 1 unspecified atom stereocenters. The van der Waals surface area contributed by atoms with Gasteiger partial charge in [0.25, 0.3) is 0 Å². The third kappa shape index (κ3) is 3.22. The molecule has 0 bridgehead atoms. The highest BCUT2D eigenvalue weighted by molar-refractivity contribution is 5.57. The van der Waals surface area contributed by atoms with Crippen LogP contribution in [0.5, 0.6) is 0 Å². The van der Waals surface area contributed by atoms with Gasteiger partial charge < -0.3 is 10.2 Å². The van der Waals surface area contributed by atoms with Gasteiger partial charge in [0, 0.05) is 24.8 Å². The van der Waals surface area contributed by atoms with Crippen LogP contribution < -0.4 is 10.2 Å². The summed E-state index contributed by atoms with van der Waals surface area (Å²) in [6.45, 7) is 10.1. The second-order valence-corrected chi connectivity index (χ2v) is 4.75. The maximum atomic E-state index is 13.8. The van der Waals surface area contributed by atoms with E-state index in [0.717, 1.165) is 30.8 Å². The van der Waals surface area contributed by atoms with Crippen molar-refractivity contribution in [2.75, 3.05) is 25.0 Å². The van der Waals surface area contributed by atoms with Crippen molar-refractivity contribution < 1.29 is 4.39 Å². The van der Waals surface area contributed by atoms with Crippen molar-refractivity contribution in [3.05, 3.63) is 29.1 Å². The molecular weight excluding hydrogens is 227 g/mol. The highest BCUT2D eigenvalue weighted by Crippen LogP contribution is 2.29. The van der Waals surface area contributed by atoms with Crippen LogP contribution in [0.1, 0.15) is 44.4 Å². The molecule has 102 valence electrons. The molecule has 1 aromatic carbocycles. The fourth-order valence-electron chi connectivity index (χ4n) is 2.18. The van der Waals surface area contributed by atoms with Gasteiger partial charge in [0.15, 0.2) is 0 Å². The Morgan fingerprint density at radius 2 is 2.00 bits per heavy atom. The van der Waals surface area contributed by atoms with Gasteiger partial charge in [-0.3, -0.25) is 0 Å². The number of benzene rings is 1. The van der Waals surface area contributed by atoms with Crippen LogP contribution >= 0.6 is 0 Å². The molecule has 0 saturated carbocycles. The maximum absolute atomic E-state index is 13.8. The van der Waals surface area contributed by atoms with E-state index in [4.69, 9.17) is 0 Å². The zero-order chi connectivity index (χ0) is 13.7. The van der Waals surface area contributed by atoms with Gasteiger partial charge in [0.1, 0.15) is 5.82 Å². The number of aryl methyl sites for hydroxylation is 1. The maximum Gasteiger partial charge on any atom is 0.126 e. The van der Waals surface area contributed by atoms with E-state index in [1.165, 1.54) is 0 Å². The topological polar surface area (TPSA) is 15.3 Å². The van der Waals surface area contributed by atoms with Crippen LogP contribution in [0.3, 0.4) is 0 Å². The molecular formula is C15H25FN2. The van der Waals surface area contributed by atoms with Crippen molar-refractivity contribution in [3.63, 3.8) is 0 Å². The number of nitrogens with one attached hydrogen (secondary N) is 1. The van der Waals surface area contributed by atoms with E-state index in [0.29, 0.717) is 5.56 Å². The van der Waals surface area contributed by atoms with Crippen LogP contribution in [0, 0.1) is 12.7 Å². The first-order valence-corrected chi connectivity index (χ1v) is 6.77. The zero-order valence-electron chi connectivity index (χ0n) is 12.2. The Hall–Kier alpha value is -1.09. The van der Waals surface area contributed by atoms with Gasteiger partial charge >= 0.3 is 0 Å². The average molecular weight is 252 g/mol. The average Bonchev–Trinajstić information content (AvgIpc) is 2.38. The monoisotopic (exact) mass is 252 g/mol. The van der Waals surface area contributed by atoms with Crippen molar-refractivity contribution in [1.29, 1.82) is 0 Å². The summed E-state index contributed by atoms with van der Waals surface area (Å²) in [5.74, 6) is -0.122. The quantitative estimate of drug-likeness (QED) is 0.831. The van der Waals surface area contributed by atoms with Crippen LogP contribution in [-0.4, -0.2) is 20.1 Å². The van der Waals surface area contributed by atoms with Gasteiger partial charge in [-0.05, 0) is 57.5 Å². The van der Waals surface area contributed by atoms with Crippen molar-refractivity contribution in [3.8, 4) is 0 Å². The summed E-state index contributed by atoms with van der Waals surface area (Å²) >= 11 is 0. The molecule has 0 aliphatic carbocycles. The van der Waals surface area contributed by atoms with E-state index < -0.39 is 0 Å². The fourth-order valence-corrected chi connectivity index (χ4v) is 2.18. The molecule has 0 fully saturated rings. The summed E-state index contributed by atoms with van der Waals surface area (Å²) in [4.78, 5) is 2.32. The molecule has 2 nitrogen and oxygen atoms in total. The molecule has 1 N–H and O–H groups in total. The lowest BCUT2D eigenvalue weighted by molar-refractivity contribution is 0.599. The minimum absolute atomic E-state index is 0.122. The van der Waals surface area contributed by atoms with E-state index in [2.05, 4.69) is 31.0 Å². The largest absolute Gasteiger partial charge is 0.372 e. The standard InChI is InChI=1S/C15H25FN2/c1-6-8-18(7-2)15-9-11(3)14(16)10-13(15)12(4)17-5/h9-10,12,17H,6-8H2,1-5H3. The number of hydrogen-bond donors (Lipinski definition) is 1. The summed E-state index contributed by atoms with van der Waals surface area (Å²) < 4.78 is 13.8. The minimum Gasteiger partial charge on any atom is -0.372 e. The Bertz CT molecular complexity index is 390. The zero-order valence-corrected chi connectivity index (χ0v) is 12.2. The van der Waals surface area contributed by atoms with Gasteiger partial charge in [-0.1, -0.05) is 6.92 Å². The number of hydrogen-bond acceptors (Lipinski definition) is 2. The van der Waals surface area contributed by atoms with Gasteiger partial charge in [-0.15, -0.1) is 0 Å². The lowest BCUT2D eigenvalue weighted by Crippen LogP contribution is -2.27. The van der Waals surface area contributed by atoms with Crippen molar-refractivity contribution in [2.45, 2.75) is 40.2 Å². The van der Waals surface area contributed by atoms with Crippen LogP contribution in [0.25, 0.3) is 0 Å². The molecule has 0 radical (unpaired) electrons. The van der Waals surface area contributed by atoms with Gasteiger partial charge in [0.05, 0.1) is 0 Å². The van der Waals surface area contributed by atoms with Crippen LogP contribution in [-0.2, 0) is 0 Å². The second kappa shape index (κ2) is 6.74. The third-order valence-corrected chi connectivity index (χ3v) is 3.42. The number of nitrogens with zero attached hydrogens (tertiary/aromatic N) is 1. The minimum atomic E-state index is -0.122. The second-order valence-electron chi connectivity index (χ2n) is 4.75. The van der Waals surface area contributed by atoms with Gasteiger partial charge in [-0.25, -0.2) is 4.39 Å². The Labute approximate surface area is 110 Å². The molecule has 1 rings (SSSR count). The Kier molecular flexibility index (Phi) is 5.60. The van der Waals surface area contributed by atoms with Gasteiger partial charge in [0.2, 0.25) is 0 Å². The number of rotatable bonds is 6. The fraction of sp³-hybridized carbons (Fsp3) is 0.600. The summed E-state index contributed by atoms with van der Waals surface area (Å²) in [5, 5.41) is 3.20. The first kappa shape index (κ1) is 15.0. The highest BCUT2D eigenvalue weighted by Gasteiger charge is 2.16. The third-order valence-electron chi connectivity index (χ3n) is 3.42. The molecule has 1 atom stereocenters. The molecule has 0 aromatic heterocycles. The summed E-state index contributed by atoms with van der Waals surface area (Å²) in [6.07, 6.45) is 1.09. The Morgan fingerprint density at radius 1 is 1.33 bits per heavy atom. The predicted molar refractivity (Wildman–Crippen MR) is 76.8 cm³/mol. The molecule has 18 heavy (non-hydrogen) atoms. The van der Waals surface area contributed by atoms with E-state index in [9.17, 15) is 4.39 Å². The molecule has 0 saturated heterocycles. The molecule has 0 amide bonds. The Morgan fingerprint density at radius 3 is 2.50 bits per heavy atom. The molecule has 0 heterocycles. The predicted octanol–water partition coefficient (Wildman–Crippen LogP) is 3.65. The molecule has 1 aromatic rings. The van der Waals surface area contributed by atoms with Crippen LogP contribution in [0.2, 0.25) is 0 Å². The first-order chi connectivity index (χ1) is 8.54. The highest BCUT2D eigenvalue weighted by atomic mass is 19.1. The lowest BCUT2D eigenvalue weighted by Gasteiger charge is -2.28. The van der Waals surface area contributed by atoms with E-state index in [1.54, 1.807) is 6.07 Å². The van der Waals surface area contributed by atoms with Crippen molar-refractivity contribution >= 4 is 5.69 Å². The molecule has 0 aliphatic rings. The van der Waals surface area contributed by atoms with E-state index >= 15 is 0 Å². The summed E-state index contributed by atoms with van der Waals surface area (Å²) in [7, 11) is 1.91. The Balaban J connectivity index is 3.25. The lowest BCUT2D eigenvalue weighted by atomic mass is 10.0. The van der Waals surface area contributed by atoms with Crippen LogP contribution in [0.15, 0.2) is 12.1 Å². The molecule has 3 heteroatoms. The SMILES string of the molecule is CCCN(CC)c1cc(C)c(F)cc1C(C)NC. The first-order valence-electron chi connectivity index (χ1n) is 6.77. The molecule has 0 aliphatic heterocycles. The summed E-state index contributed by atoms with van der Waals surface area (Å²) in [5.41, 5.74) is 2.91. The van der Waals surface area contributed by atoms with Crippen molar-refractivity contribution in [1.82, 2.24) is 5.32 Å². The molecule has 0 spiro atoms. The number of anilines is 1.